The Balaban J connectivity index is 1.74. The SMILES string of the molecule is CC1(C)Oc2c(c(O)c(N=O)c3ccccc23)C1n1cc(-c2ccccc2)nn1. The average molecular weight is 386 g/mol. The zero-order valence-corrected chi connectivity index (χ0v) is 15.9. The monoisotopic (exact) mass is 386 g/mol. The van der Waals surface area contributed by atoms with Gasteiger partial charge >= 0.3 is 0 Å². The molecule has 2 heterocycles. The topological polar surface area (TPSA) is 89.6 Å². The molecule has 1 unspecified atom stereocenters. The molecule has 5 rings (SSSR count). The fourth-order valence-corrected chi connectivity index (χ4v) is 4.11. The van der Waals surface area contributed by atoms with Gasteiger partial charge in [0.05, 0.1) is 11.8 Å². The first-order valence-corrected chi connectivity index (χ1v) is 9.28. The van der Waals surface area contributed by atoms with Crippen LogP contribution in [0.4, 0.5) is 5.69 Å². The van der Waals surface area contributed by atoms with Crippen molar-refractivity contribution < 1.29 is 9.84 Å². The van der Waals surface area contributed by atoms with Gasteiger partial charge in [0.2, 0.25) is 0 Å². The van der Waals surface area contributed by atoms with E-state index in [1.165, 1.54) is 0 Å². The molecule has 0 saturated carbocycles. The van der Waals surface area contributed by atoms with Gasteiger partial charge in [0, 0.05) is 16.3 Å². The lowest BCUT2D eigenvalue weighted by Gasteiger charge is -2.26. The van der Waals surface area contributed by atoms with Gasteiger partial charge in [0.15, 0.2) is 11.4 Å². The van der Waals surface area contributed by atoms with Crippen LogP contribution in [0.25, 0.3) is 22.0 Å². The summed E-state index contributed by atoms with van der Waals surface area (Å²) in [4.78, 5) is 11.5. The molecule has 1 aliphatic rings. The van der Waals surface area contributed by atoms with Crippen LogP contribution in [-0.2, 0) is 0 Å². The molecule has 1 atom stereocenters. The van der Waals surface area contributed by atoms with Crippen LogP contribution in [0.15, 0.2) is 66.0 Å². The van der Waals surface area contributed by atoms with E-state index >= 15 is 0 Å². The van der Waals surface area contributed by atoms with E-state index in [0.29, 0.717) is 22.4 Å². The molecule has 0 radical (unpaired) electrons. The second kappa shape index (κ2) is 6.13. The maximum atomic E-state index is 11.5. The summed E-state index contributed by atoms with van der Waals surface area (Å²) < 4.78 is 7.96. The molecule has 1 N–H and O–H groups in total. The molecule has 0 saturated heterocycles. The minimum atomic E-state index is -0.730. The summed E-state index contributed by atoms with van der Waals surface area (Å²) >= 11 is 0. The van der Waals surface area contributed by atoms with Crippen molar-refractivity contribution in [2.24, 2.45) is 5.18 Å². The summed E-state index contributed by atoms with van der Waals surface area (Å²) in [6.07, 6.45) is 1.82. The highest BCUT2D eigenvalue weighted by Crippen LogP contribution is 2.56. The summed E-state index contributed by atoms with van der Waals surface area (Å²) in [5.41, 5.74) is 1.42. The molecule has 29 heavy (non-hydrogen) atoms. The van der Waals surface area contributed by atoms with Gasteiger partial charge in [0.25, 0.3) is 0 Å². The highest BCUT2D eigenvalue weighted by atomic mass is 16.5. The molecule has 0 amide bonds. The van der Waals surface area contributed by atoms with Gasteiger partial charge in [-0.3, -0.25) is 0 Å². The third-order valence-electron chi connectivity index (χ3n) is 5.38. The van der Waals surface area contributed by atoms with Crippen molar-refractivity contribution in [3.8, 4) is 22.8 Å². The van der Waals surface area contributed by atoms with Gasteiger partial charge in [-0.25, -0.2) is 4.68 Å². The maximum Gasteiger partial charge on any atom is 0.158 e. The summed E-state index contributed by atoms with van der Waals surface area (Å²) in [5.74, 6) is 0.360. The zero-order chi connectivity index (χ0) is 20.2. The Morgan fingerprint density at radius 3 is 2.48 bits per heavy atom. The lowest BCUT2D eigenvalue weighted by molar-refractivity contribution is 0.0941. The van der Waals surface area contributed by atoms with Crippen LogP contribution < -0.4 is 4.74 Å². The largest absolute Gasteiger partial charge is 0.505 e. The Morgan fingerprint density at radius 2 is 1.76 bits per heavy atom. The molecular formula is C22H18N4O3. The predicted molar refractivity (Wildman–Crippen MR) is 109 cm³/mol. The number of aromatic nitrogens is 3. The average Bonchev–Trinajstić information content (AvgIpc) is 3.31. The van der Waals surface area contributed by atoms with Crippen LogP contribution in [-0.4, -0.2) is 25.7 Å². The number of phenolic OH excluding ortho intramolecular Hbond substituents is 1. The van der Waals surface area contributed by atoms with E-state index in [2.05, 4.69) is 15.5 Å². The van der Waals surface area contributed by atoms with Gasteiger partial charge in [0.1, 0.15) is 23.1 Å². The number of phenols is 1. The normalized spacial score (nSPS) is 17.1. The van der Waals surface area contributed by atoms with Crippen LogP contribution >= 0.6 is 0 Å². The third kappa shape index (κ3) is 2.51. The number of nitroso groups, excluding NO2 is 1. The first kappa shape index (κ1) is 17.4. The number of ether oxygens (including phenoxy) is 1. The number of hydrogen-bond acceptors (Lipinski definition) is 6. The van der Waals surface area contributed by atoms with Gasteiger partial charge in [-0.05, 0) is 19.0 Å². The molecule has 3 aromatic carbocycles. The highest BCUT2D eigenvalue weighted by molar-refractivity contribution is 6.01. The van der Waals surface area contributed by atoms with Crippen molar-refractivity contribution in [2.75, 3.05) is 0 Å². The highest BCUT2D eigenvalue weighted by Gasteiger charge is 2.47. The van der Waals surface area contributed by atoms with Gasteiger partial charge < -0.3 is 9.84 Å². The van der Waals surface area contributed by atoms with E-state index in [-0.39, 0.29) is 11.4 Å². The second-order valence-electron chi connectivity index (χ2n) is 7.63. The third-order valence-corrected chi connectivity index (χ3v) is 5.38. The molecule has 0 bridgehead atoms. The first-order valence-electron chi connectivity index (χ1n) is 9.28. The number of hydrogen-bond donors (Lipinski definition) is 1. The van der Waals surface area contributed by atoms with Crippen molar-refractivity contribution in [2.45, 2.75) is 25.5 Å². The zero-order valence-electron chi connectivity index (χ0n) is 15.9. The molecule has 7 heteroatoms. The molecule has 0 aliphatic carbocycles. The Labute approximate surface area is 166 Å². The maximum absolute atomic E-state index is 11.5. The molecule has 1 aromatic heterocycles. The van der Waals surface area contributed by atoms with E-state index in [1.807, 2.05) is 62.5 Å². The first-order chi connectivity index (χ1) is 14.0. The Hall–Kier alpha value is -3.74. The number of nitrogens with zero attached hydrogens (tertiary/aromatic N) is 4. The Morgan fingerprint density at radius 1 is 1.07 bits per heavy atom. The number of aromatic hydroxyl groups is 1. The van der Waals surface area contributed by atoms with Crippen molar-refractivity contribution in [1.29, 1.82) is 0 Å². The fraction of sp³-hybridized carbons (Fsp3) is 0.182. The molecular weight excluding hydrogens is 368 g/mol. The van der Waals surface area contributed by atoms with E-state index in [0.717, 1.165) is 10.9 Å². The number of fused-ring (bicyclic) bond motifs is 3. The fourth-order valence-electron chi connectivity index (χ4n) is 4.11. The molecule has 144 valence electrons. The minimum absolute atomic E-state index is 0.00838. The van der Waals surface area contributed by atoms with Crippen molar-refractivity contribution in [3.05, 3.63) is 71.3 Å². The predicted octanol–water partition coefficient (Wildman–Crippen LogP) is 4.96. The quantitative estimate of drug-likeness (QED) is 0.503. The smallest absolute Gasteiger partial charge is 0.158 e. The van der Waals surface area contributed by atoms with E-state index < -0.39 is 11.6 Å². The lowest BCUT2D eigenvalue weighted by atomic mass is 9.91. The second-order valence-corrected chi connectivity index (χ2v) is 7.63. The van der Waals surface area contributed by atoms with Crippen LogP contribution in [0, 0.1) is 4.91 Å². The van der Waals surface area contributed by atoms with Crippen molar-refractivity contribution in [1.82, 2.24) is 15.0 Å². The molecule has 0 fully saturated rings. The van der Waals surface area contributed by atoms with Gasteiger partial charge in [-0.1, -0.05) is 59.8 Å². The summed E-state index contributed by atoms with van der Waals surface area (Å²) in [6, 6.07) is 16.5. The van der Waals surface area contributed by atoms with E-state index in [1.54, 1.807) is 16.8 Å². The van der Waals surface area contributed by atoms with Gasteiger partial charge in [-0.15, -0.1) is 10.0 Å². The van der Waals surface area contributed by atoms with Crippen LogP contribution in [0.5, 0.6) is 11.5 Å². The van der Waals surface area contributed by atoms with Crippen LogP contribution in [0.2, 0.25) is 0 Å². The Kier molecular flexibility index (Phi) is 3.67. The molecule has 7 nitrogen and oxygen atoms in total. The minimum Gasteiger partial charge on any atom is -0.505 e. The van der Waals surface area contributed by atoms with Crippen LogP contribution in [0.3, 0.4) is 0 Å². The van der Waals surface area contributed by atoms with E-state index in [4.69, 9.17) is 4.74 Å². The molecule has 1 aliphatic heterocycles. The van der Waals surface area contributed by atoms with Crippen molar-refractivity contribution >= 4 is 16.5 Å². The standard InChI is InChI=1S/C22H18N4O3/c1-22(2)21(26-12-16(23-25-26)13-8-4-3-5-9-13)17-19(27)18(24-28)14-10-6-7-11-15(14)20(17)29-22/h3-12,21,27H,1-2H3. The van der Waals surface area contributed by atoms with Crippen molar-refractivity contribution in [3.63, 3.8) is 0 Å². The summed E-state index contributed by atoms with van der Waals surface area (Å²) in [6.45, 7) is 3.84. The van der Waals surface area contributed by atoms with Crippen LogP contribution in [0.1, 0.15) is 25.5 Å². The Bertz CT molecular complexity index is 1250. The van der Waals surface area contributed by atoms with Gasteiger partial charge in [-0.2, -0.15) is 0 Å². The van der Waals surface area contributed by atoms with E-state index in [9.17, 15) is 10.0 Å². The number of rotatable bonds is 3. The summed E-state index contributed by atoms with van der Waals surface area (Å²) in [7, 11) is 0. The molecule has 4 aromatic rings. The molecule has 0 spiro atoms. The number of benzene rings is 3. The summed E-state index contributed by atoms with van der Waals surface area (Å²) in [5, 5.41) is 24.0. The lowest BCUT2D eigenvalue weighted by Crippen LogP contribution is -2.34.